The van der Waals surface area contributed by atoms with E-state index in [1.165, 1.54) is 4.31 Å². The van der Waals surface area contributed by atoms with E-state index in [4.69, 9.17) is 0 Å². The molecule has 126 valence electrons. The first kappa shape index (κ1) is 15.9. The lowest BCUT2D eigenvalue weighted by molar-refractivity contribution is 0.595. The molecule has 0 saturated heterocycles. The van der Waals surface area contributed by atoms with Crippen LogP contribution < -0.4 is 4.31 Å². The average Bonchev–Trinajstić information content (AvgIpc) is 2.79. The molecule has 0 spiro atoms. The molecule has 0 bridgehead atoms. The molecule has 0 radical (unpaired) electrons. The third-order valence-corrected chi connectivity index (χ3v) is 6.20. The summed E-state index contributed by atoms with van der Waals surface area (Å²) in [6.45, 7) is 0. The summed E-state index contributed by atoms with van der Waals surface area (Å²) in [7, 11) is -3.55. The molecule has 0 aliphatic carbocycles. The van der Waals surface area contributed by atoms with Gasteiger partial charge in [0, 0.05) is 0 Å². The van der Waals surface area contributed by atoms with Crippen LogP contribution in [0.25, 0.3) is 0 Å². The summed E-state index contributed by atoms with van der Waals surface area (Å²) in [5.41, 5.74) is 4.46. The van der Waals surface area contributed by atoms with E-state index in [-0.39, 0.29) is 5.75 Å². The Morgan fingerprint density at radius 2 is 1.16 bits per heavy atom. The van der Waals surface area contributed by atoms with Gasteiger partial charge >= 0.3 is 0 Å². The summed E-state index contributed by atoms with van der Waals surface area (Å²) >= 11 is 0. The zero-order valence-electron chi connectivity index (χ0n) is 13.8. The third kappa shape index (κ3) is 3.05. The van der Waals surface area contributed by atoms with E-state index in [0.29, 0.717) is 0 Å². The average molecular weight is 349 g/mol. The van der Waals surface area contributed by atoms with Gasteiger partial charge in [-0.05, 0) is 41.7 Å². The number of aryl methyl sites for hydroxylation is 2. The van der Waals surface area contributed by atoms with E-state index in [2.05, 4.69) is 0 Å². The van der Waals surface area contributed by atoms with Crippen molar-refractivity contribution in [1.29, 1.82) is 0 Å². The minimum absolute atomic E-state index is 0.0174. The SMILES string of the molecule is O=S(=O)(Cc1ccccc1)N1c2ccccc2CCc2ccccc21. The Balaban J connectivity index is 1.88. The summed E-state index contributed by atoms with van der Waals surface area (Å²) in [5, 5.41) is 0. The molecule has 3 nitrogen and oxygen atoms in total. The van der Waals surface area contributed by atoms with Crippen molar-refractivity contribution in [3.63, 3.8) is 0 Å². The summed E-state index contributed by atoms with van der Waals surface area (Å²) < 4.78 is 28.3. The summed E-state index contributed by atoms with van der Waals surface area (Å²) in [6, 6.07) is 24.9. The predicted molar refractivity (Wildman–Crippen MR) is 101 cm³/mol. The normalized spacial score (nSPS) is 13.7. The van der Waals surface area contributed by atoms with Crippen LogP contribution in [0.3, 0.4) is 0 Å². The molecule has 3 aromatic rings. The predicted octanol–water partition coefficient (Wildman–Crippen LogP) is 4.45. The zero-order valence-corrected chi connectivity index (χ0v) is 14.6. The number of anilines is 2. The number of benzene rings is 3. The maximum atomic E-state index is 13.4. The molecule has 1 aliphatic heterocycles. The fourth-order valence-electron chi connectivity index (χ4n) is 3.39. The molecule has 3 aromatic carbocycles. The van der Waals surface area contributed by atoms with Gasteiger partial charge in [0.25, 0.3) is 0 Å². The van der Waals surface area contributed by atoms with E-state index in [0.717, 1.165) is 40.9 Å². The Kier molecular flexibility index (Phi) is 4.06. The molecular formula is C21H19NO2S. The van der Waals surface area contributed by atoms with Crippen LogP contribution in [0.5, 0.6) is 0 Å². The Morgan fingerprint density at radius 1 is 0.680 bits per heavy atom. The van der Waals surface area contributed by atoms with Gasteiger partial charge in [-0.15, -0.1) is 0 Å². The highest BCUT2D eigenvalue weighted by Crippen LogP contribution is 2.38. The van der Waals surface area contributed by atoms with Crippen LogP contribution in [0, 0.1) is 0 Å². The molecule has 4 heteroatoms. The van der Waals surface area contributed by atoms with Gasteiger partial charge in [-0.25, -0.2) is 12.7 Å². The first-order chi connectivity index (χ1) is 12.1. The lowest BCUT2D eigenvalue weighted by Gasteiger charge is -2.26. The molecule has 1 aliphatic rings. The van der Waals surface area contributed by atoms with Gasteiger partial charge in [-0.1, -0.05) is 66.7 Å². The molecule has 0 aromatic heterocycles. The molecule has 0 atom stereocenters. The Morgan fingerprint density at radius 3 is 1.72 bits per heavy atom. The number of nitrogens with zero attached hydrogens (tertiary/aromatic N) is 1. The van der Waals surface area contributed by atoms with Crippen LogP contribution >= 0.6 is 0 Å². The fourth-order valence-corrected chi connectivity index (χ4v) is 5.09. The Hall–Kier alpha value is -2.59. The van der Waals surface area contributed by atoms with Crippen LogP contribution in [-0.2, 0) is 28.6 Å². The molecule has 0 unspecified atom stereocenters. The van der Waals surface area contributed by atoms with E-state index in [9.17, 15) is 8.42 Å². The van der Waals surface area contributed by atoms with Crippen molar-refractivity contribution in [3.05, 3.63) is 95.6 Å². The van der Waals surface area contributed by atoms with Gasteiger partial charge < -0.3 is 0 Å². The number of para-hydroxylation sites is 2. The van der Waals surface area contributed by atoms with Gasteiger partial charge in [0.1, 0.15) is 0 Å². The molecular weight excluding hydrogens is 330 g/mol. The molecule has 0 fully saturated rings. The fraction of sp³-hybridized carbons (Fsp3) is 0.143. The zero-order chi connectivity index (χ0) is 17.3. The van der Waals surface area contributed by atoms with E-state index in [1.807, 2.05) is 78.9 Å². The lowest BCUT2D eigenvalue weighted by Crippen LogP contribution is -2.28. The number of hydrogen-bond acceptors (Lipinski definition) is 2. The van der Waals surface area contributed by atoms with Crippen molar-refractivity contribution in [3.8, 4) is 0 Å². The van der Waals surface area contributed by atoms with Crippen LogP contribution in [0.2, 0.25) is 0 Å². The Labute approximate surface area is 148 Å². The molecule has 4 rings (SSSR count). The monoisotopic (exact) mass is 349 g/mol. The van der Waals surface area contributed by atoms with Gasteiger partial charge in [0.15, 0.2) is 0 Å². The van der Waals surface area contributed by atoms with Crippen LogP contribution in [0.4, 0.5) is 11.4 Å². The summed E-state index contributed by atoms with van der Waals surface area (Å²) in [5.74, 6) is -0.0174. The van der Waals surface area contributed by atoms with Crippen molar-refractivity contribution in [2.24, 2.45) is 0 Å². The maximum absolute atomic E-state index is 13.4. The second kappa shape index (κ2) is 6.37. The van der Waals surface area contributed by atoms with E-state index in [1.54, 1.807) is 0 Å². The molecule has 0 amide bonds. The maximum Gasteiger partial charge on any atom is 0.243 e. The highest BCUT2D eigenvalue weighted by atomic mass is 32.2. The lowest BCUT2D eigenvalue weighted by atomic mass is 10.0. The molecule has 0 N–H and O–H groups in total. The minimum atomic E-state index is -3.55. The van der Waals surface area contributed by atoms with Crippen LogP contribution in [0.15, 0.2) is 78.9 Å². The number of fused-ring (bicyclic) bond motifs is 2. The topological polar surface area (TPSA) is 37.4 Å². The standard InChI is InChI=1S/C21H19NO2S/c23-25(24,16-17-8-2-1-3-9-17)22-20-12-6-4-10-18(20)14-15-19-11-5-7-13-21(19)22/h1-13H,14-16H2. The number of sulfonamides is 1. The van der Waals surface area contributed by atoms with Gasteiger partial charge in [0.2, 0.25) is 10.0 Å². The first-order valence-corrected chi connectivity index (χ1v) is 9.99. The largest absolute Gasteiger partial charge is 0.243 e. The van der Waals surface area contributed by atoms with Crippen molar-refractivity contribution < 1.29 is 8.42 Å². The second-order valence-corrected chi connectivity index (χ2v) is 8.08. The van der Waals surface area contributed by atoms with Gasteiger partial charge in [0.05, 0.1) is 17.1 Å². The Bertz CT molecular complexity index is 950. The van der Waals surface area contributed by atoms with Gasteiger partial charge in [-0.3, -0.25) is 0 Å². The van der Waals surface area contributed by atoms with Gasteiger partial charge in [-0.2, -0.15) is 0 Å². The first-order valence-electron chi connectivity index (χ1n) is 8.38. The van der Waals surface area contributed by atoms with Crippen molar-refractivity contribution in [2.45, 2.75) is 18.6 Å². The smallest absolute Gasteiger partial charge is 0.238 e. The highest BCUT2D eigenvalue weighted by Gasteiger charge is 2.30. The van der Waals surface area contributed by atoms with Crippen LogP contribution in [-0.4, -0.2) is 8.42 Å². The number of hydrogen-bond donors (Lipinski definition) is 0. The minimum Gasteiger partial charge on any atom is -0.238 e. The second-order valence-electron chi connectivity index (χ2n) is 6.26. The molecule has 25 heavy (non-hydrogen) atoms. The molecule has 1 heterocycles. The van der Waals surface area contributed by atoms with Crippen LogP contribution in [0.1, 0.15) is 16.7 Å². The van der Waals surface area contributed by atoms with Crippen molar-refractivity contribution >= 4 is 21.4 Å². The number of rotatable bonds is 3. The van der Waals surface area contributed by atoms with E-state index < -0.39 is 10.0 Å². The quantitative estimate of drug-likeness (QED) is 0.700. The highest BCUT2D eigenvalue weighted by molar-refractivity contribution is 7.92. The summed E-state index contributed by atoms with van der Waals surface area (Å²) in [4.78, 5) is 0. The summed E-state index contributed by atoms with van der Waals surface area (Å²) in [6.07, 6.45) is 1.68. The van der Waals surface area contributed by atoms with Crippen molar-refractivity contribution in [2.75, 3.05) is 4.31 Å². The van der Waals surface area contributed by atoms with E-state index >= 15 is 0 Å². The van der Waals surface area contributed by atoms with Crippen molar-refractivity contribution in [1.82, 2.24) is 0 Å². The third-order valence-electron chi connectivity index (χ3n) is 4.55. The molecule has 0 saturated carbocycles.